The number of nitrogens with one attached hydrogen (secondary N) is 1. The van der Waals surface area contributed by atoms with E-state index in [2.05, 4.69) is 54.1 Å². The van der Waals surface area contributed by atoms with Crippen molar-refractivity contribution in [2.75, 3.05) is 0 Å². The molecule has 1 atom stereocenters. The van der Waals surface area contributed by atoms with Gasteiger partial charge in [0.25, 0.3) is 0 Å². The molecule has 0 bridgehead atoms. The van der Waals surface area contributed by atoms with Crippen LogP contribution >= 0.6 is 0 Å². The van der Waals surface area contributed by atoms with Gasteiger partial charge >= 0.3 is 0 Å². The van der Waals surface area contributed by atoms with Gasteiger partial charge in [-0.25, -0.2) is 0 Å². The van der Waals surface area contributed by atoms with E-state index in [9.17, 15) is 0 Å². The zero-order valence-electron chi connectivity index (χ0n) is 11.3. The molecule has 0 saturated carbocycles. The normalized spacial score (nSPS) is 12.1. The van der Waals surface area contributed by atoms with Gasteiger partial charge in [-0.2, -0.15) is 0 Å². The molecule has 1 N–H and O–H groups in total. The SMILES string of the molecule is C=CCC(NCc1ccc(C)cc1)c1ccccn1. The molecule has 1 aromatic carbocycles. The Hall–Kier alpha value is -1.93. The second-order valence-corrected chi connectivity index (χ2v) is 4.70. The molecule has 19 heavy (non-hydrogen) atoms. The Kier molecular flexibility index (Phi) is 4.87. The second-order valence-electron chi connectivity index (χ2n) is 4.70. The largest absolute Gasteiger partial charge is 0.304 e. The highest BCUT2D eigenvalue weighted by Crippen LogP contribution is 2.15. The van der Waals surface area contributed by atoms with Crippen LogP contribution in [0.2, 0.25) is 0 Å². The summed E-state index contributed by atoms with van der Waals surface area (Å²) in [5.41, 5.74) is 3.64. The highest BCUT2D eigenvalue weighted by Gasteiger charge is 2.09. The van der Waals surface area contributed by atoms with Gasteiger partial charge in [0.15, 0.2) is 0 Å². The first-order valence-electron chi connectivity index (χ1n) is 6.60. The van der Waals surface area contributed by atoms with E-state index in [4.69, 9.17) is 0 Å². The molecule has 0 aliphatic heterocycles. The van der Waals surface area contributed by atoms with Crippen LogP contribution in [0.3, 0.4) is 0 Å². The van der Waals surface area contributed by atoms with Gasteiger partial charge in [-0.1, -0.05) is 42.0 Å². The summed E-state index contributed by atoms with van der Waals surface area (Å²) < 4.78 is 0. The van der Waals surface area contributed by atoms with Crippen LogP contribution in [0.25, 0.3) is 0 Å². The Morgan fingerprint density at radius 1 is 1.21 bits per heavy atom. The van der Waals surface area contributed by atoms with Crippen molar-refractivity contribution in [2.45, 2.75) is 25.9 Å². The Bertz CT molecular complexity index is 503. The van der Waals surface area contributed by atoms with Crippen molar-refractivity contribution >= 4 is 0 Å². The first kappa shape index (κ1) is 13.5. The lowest BCUT2D eigenvalue weighted by atomic mass is 10.1. The molecule has 0 fully saturated rings. The quantitative estimate of drug-likeness (QED) is 0.791. The summed E-state index contributed by atoms with van der Waals surface area (Å²) in [6.45, 7) is 6.77. The van der Waals surface area contributed by atoms with Crippen LogP contribution in [0.1, 0.15) is 29.3 Å². The van der Waals surface area contributed by atoms with Crippen molar-refractivity contribution < 1.29 is 0 Å². The van der Waals surface area contributed by atoms with Gasteiger partial charge in [-0.3, -0.25) is 4.98 Å². The van der Waals surface area contributed by atoms with Gasteiger partial charge in [-0.15, -0.1) is 6.58 Å². The molecule has 1 unspecified atom stereocenters. The number of rotatable bonds is 6. The number of nitrogens with zero attached hydrogens (tertiary/aromatic N) is 1. The summed E-state index contributed by atoms with van der Waals surface area (Å²) in [6, 6.07) is 14.8. The molecule has 98 valence electrons. The van der Waals surface area contributed by atoms with Crippen LogP contribution in [0.15, 0.2) is 61.3 Å². The maximum atomic E-state index is 4.41. The maximum Gasteiger partial charge on any atom is 0.0576 e. The lowest BCUT2D eigenvalue weighted by molar-refractivity contribution is 0.526. The fourth-order valence-electron chi connectivity index (χ4n) is 2.00. The average Bonchev–Trinajstić information content (AvgIpc) is 2.46. The number of benzene rings is 1. The van der Waals surface area contributed by atoms with E-state index < -0.39 is 0 Å². The van der Waals surface area contributed by atoms with Crippen LogP contribution in [0.5, 0.6) is 0 Å². The lowest BCUT2D eigenvalue weighted by Gasteiger charge is -2.16. The molecular formula is C17H20N2. The van der Waals surface area contributed by atoms with Crippen LogP contribution in [-0.2, 0) is 6.54 Å². The van der Waals surface area contributed by atoms with Gasteiger partial charge in [0, 0.05) is 12.7 Å². The third-order valence-electron chi connectivity index (χ3n) is 3.12. The van der Waals surface area contributed by atoms with Crippen molar-refractivity contribution in [3.05, 3.63) is 78.1 Å². The second kappa shape index (κ2) is 6.86. The number of hydrogen-bond acceptors (Lipinski definition) is 2. The minimum atomic E-state index is 0.222. The van der Waals surface area contributed by atoms with E-state index in [-0.39, 0.29) is 6.04 Å². The predicted molar refractivity (Wildman–Crippen MR) is 79.8 cm³/mol. The number of aromatic nitrogens is 1. The highest BCUT2D eigenvalue weighted by molar-refractivity contribution is 5.21. The van der Waals surface area contributed by atoms with E-state index in [1.807, 2.05) is 24.4 Å². The van der Waals surface area contributed by atoms with Gasteiger partial charge in [0.1, 0.15) is 0 Å². The Morgan fingerprint density at radius 2 is 2.00 bits per heavy atom. The maximum absolute atomic E-state index is 4.41. The van der Waals surface area contributed by atoms with Gasteiger partial charge in [-0.05, 0) is 31.0 Å². The molecule has 1 aromatic heterocycles. The average molecular weight is 252 g/mol. The molecule has 0 saturated heterocycles. The molecule has 0 radical (unpaired) electrons. The third kappa shape index (κ3) is 4.04. The summed E-state index contributed by atoms with van der Waals surface area (Å²) in [5.74, 6) is 0. The summed E-state index contributed by atoms with van der Waals surface area (Å²) >= 11 is 0. The molecule has 2 nitrogen and oxygen atoms in total. The summed E-state index contributed by atoms with van der Waals surface area (Å²) in [6.07, 6.45) is 4.64. The van der Waals surface area contributed by atoms with Crippen LogP contribution in [-0.4, -0.2) is 4.98 Å². The summed E-state index contributed by atoms with van der Waals surface area (Å²) in [4.78, 5) is 4.41. The Morgan fingerprint density at radius 3 is 2.63 bits per heavy atom. The first-order valence-corrected chi connectivity index (χ1v) is 6.60. The van der Waals surface area contributed by atoms with Crippen LogP contribution in [0, 0.1) is 6.92 Å². The first-order chi connectivity index (χ1) is 9.29. The number of aryl methyl sites for hydroxylation is 1. The molecule has 1 heterocycles. The van der Waals surface area contributed by atoms with Gasteiger partial charge < -0.3 is 5.32 Å². The molecule has 2 rings (SSSR count). The van der Waals surface area contributed by atoms with Gasteiger partial charge in [0.2, 0.25) is 0 Å². The highest BCUT2D eigenvalue weighted by atomic mass is 14.9. The van der Waals surface area contributed by atoms with E-state index in [0.717, 1.165) is 18.7 Å². The number of pyridine rings is 1. The summed E-state index contributed by atoms with van der Waals surface area (Å²) in [7, 11) is 0. The fourth-order valence-corrected chi connectivity index (χ4v) is 2.00. The molecule has 0 amide bonds. The van der Waals surface area contributed by atoms with Crippen molar-refractivity contribution in [1.82, 2.24) is 10.3 Å². The van der Waals surface area contributed by atoms with Crippen molar-refractivity contribution in [3.8, 4) is 0 Å². The monoisotopic (exact) mass is 252 g/mol. The topological polar surface area (TPSA) is 24.9 Å². The molecule has 2 aromatic rings. The molecule has 2 heteroatoms. The van der Waals surface area contributed by atoms with E-state index in [1.54, 1.807) is 0 Å². The third-order valence-corrected chi connectivity index (χ3v) is 3.12. The van der Waals surface area contributed by atoms with E-state index in [0.29, 0.717) is 0 Å². The Labute approximate surface area is 115 Å². The zero-order chi connectivity index (χ0) is 13.5. The molecular weight excluding hydrogens is 232 g/mol. The molecule has 0 aliphatic carbocycles. The minimum absolute atomic E-state index is 0.222. The smallest absolute Gasteiger partial charge is 0.0576 e. The molecule has 0 aliphatic rings. The van der Waals surface area contributed by atoms with E-state index in [1.165, 1.54) is 11.1 Å². The lowest BCUT2D eigenvalue weighted by Crippen LogP contribution is -2.21. The summed E-state index contributed by atoms with van der Waals surface area (Å²) in [5, 5.41) is 3.54. The molecule has 0 spiro atoms. The number of hydrogen-bond donors (Lipinski definition) is 1. The van der Waals surface area contributed by atoms with Crippen molar-refractivity contribution in [3.63, 3.8) is 0 Å². The van der Waals surface area contributed by atoms with Crippen LogP contribution < -0.4 is 5.32 Å². The van der Waals surface area contributed by atoms with Crippen molar-refractivity contribution in [1.29, 1.82) is 0 Å². The van der Waals surface area contributed by atoms with E-state index >= 15 is 0 Å². The predicted octanol–water partition coefficient (Wildman–Crippen LogP) is 3.80. The van der Waals surface area contributed by atoms with Crippen LogP contribution in [0.4, 0.5) is 0 Å². The zero-order valence-corrected chi connectivity index (χ0v) is 11.3. The Balaban J connectivity index is 2.01. The minimum Gasteiger partial charge on any atom is -0.304 e. The fraction of sp³-hybridized carbons (Fsp3) is 0.235. The van der Waals surface area contributed by atoms with Crippen molar-refractivity contribution in [2.24, 2.45) is 0 Å². The standard InChI is InChI=1S/C17H20N2/c1-3-6-16(17-7-4-5-12-18-17)19-13-15-10-8-14(2)9-11-15/h3-5,7-12,16,19H,1,6,13H2,2H3. The van der Waals surface area contributed by atoms with Gasteiger partial charge in [0.05, 0.1) is 11.7 Å².